The molecule has 0 radical (unpaired) electrons. The highest BCUT2D eigenvalue weighted by molar-refractivity contribution is 9.10. The summed E-state index contributed by atoms with van der Waals surface area (Å²) in [6, 6.07) is 9.20. The monoisotopic (exact) mass is 348 g/mol. The third kappa shape index (κ3) is 3.33. The second-order valence-electron chi connectivity index (χ2n) is 4.60. The first-order valence-corrected chi connectivity index (χ1v) is 7.29. The van der Waals surface area contributed by atoms with Crippen molar-refractivity contribution in [1.29, 1.82) is 0 Å². The molecule has 3 rings (SSSR count). The van der Waals surface area contributed by atoms with Crippen molar-refractivity contribution >= 4 is 21.8 Å². The molecule has 0 saturated carbocycles. The number of hydrogen-bond donors (Lipinski definition) is 1. The van der Waals surface area contributed by atoms with Gasteiger partial charge in [-0.2, -0.15) is 0 Å². The normalized spacial score (nSPS) is 16.3. The van der Waals surface area contributed by atoms with Gasteiger partial charge in [0.2, 0.25) is 0 Å². The van der Waals surface area contributed by atoms with E-state index in [1.807, 2.05) is 24.3 Å². The number of para-hydroxylation sites is 2. The summed E-state index contributed by atoms with van der Waals surface area (Å²) in [4.78, 5) is 16.0. The Balaban J connectivity index is 1.58. The molecule has 1 aromatic carbocycles. The van der Waals surface area contributed by atoms with Crippen molar-refractivity contribution < 1.29 is 14.3 Å². The van der Waals surface area contributed by atoms with Crippen molar-refractivity contribution in [1.82, 2.24) is 10.3 Å². The van der Waals surface area contributed by atoms with Crippen molar-refractivity contribution in [3.8, 4) is 11.5 Å². The second-order valence-corrected chi connectivity index (χ2v) is 5.52. The molecule has 2 heterocycles. The van der Waals surface area contributed by atoms with Crippen LogP contribution in [0.2, 0.25) is 0 Å². The van der Waals surface area contributed by atoms with Gasteiger partial charge in [-0.15, -0.1) is 0 Å². The van der Waals surface area contributed by atoms with Gasteiger partial charge in [0.05, 0.1) is 12.1 Å². The number of nitrogens with zero attached hydrogens (tertiary/aromatic N) is 1. The van der Waals surface area contributed by atoms with Gasteiger partial charge in [-0.3, -0.25) is 9.78 Å². The molecular formula is C15H13BrN2O3. The Morgan fingerprint density at radius 3 is 2.95 bits per heavy atom. The van der Waals surface area contributed by atoms with Gasteiger partial charge in [0.1, 0.15) is 12.7 Å². The minimum absolute atomic E-state index is 0.189. The van der Waals surface area contributed by atoms with E-state index in [-0.39, 0.29) is 12.0 Å². The molecular weight excluding hydrogens is 336 g/mol. The topological polar surface area (TPSA) is 60.5 Å². The predicted octanol–water partition coefficient (Wildman–Crippen LogP) is 2.41. The minimum atomic E-state index is -0.205. The van der Waals surface area contributed by atoms with E-state index >= 15 is 0 Å². The largest absolute Gasteiger partial charge is 0.486 e. The van der Waals surface area contributed by atoms with Gasteiger partial charge in [0.15, 0.2) is 11.5 Å². The van der Waals surface area contributed by atoms with Gasteiger partial charge in [-0.25, -0.2) is 0 Å². The molecule has 1 aliphatic rings. The maximum absolute atomic E-state index is 12.0. The van der Waals surface area contributed by atoms with Gasteiger partial charge in [-0.1, -0.05) is 12.1 Å². The lowest BCUT2D eigenvalue weighted by molar-refractivity contribution is 0.0789. The number of hydrogen-bond acceptors (Lipinski definition) is 4. The van der Waals surface area contributed by atoms with Crippen molar-refractivity contribution in [2.45, 2.75) is 6.10 Å². The summed E-state index contributed by atoms with van der Waals surface area (Å²) < 4.78 is 12.1. The number of aromatic nitrogens is 1. The number of benzene rings is 1. The minimum Gasteiger partial charge on any atom is -0.486 e. The van der Waals surface area contributed by atoms with Crippen LogP contribution in [0.4, 0.5) is 0 Å². The van der Waals surface area contributed by atoms with E-state index in [1.54, 1.807) is 12.3 Å². The molecule has 1 aromatic heterocycles. The van der Waals surface area contributed by atoms with Crippen LogP contribution in [0.1, 0.15) is 10.4 Å². The van der Waals surface area contributed by atoms with Crippen LogP contribution in [0.25, 0.3) is 0 Å². The number of pyridine rings is 1. The molecule has 108 valence electrons. The number of halogens is 1. The van der Waals surface area contributed by atoms with Crippen molar-refractivity contribution in [2.24, 2.45) is 0 Å². The number of rotatable bonds is 3. The summed E-state index contributed by atoms with van der Waals surface area (Å²) in [5, 5.41) is 2.82. The smallest absolute Gasteiger partial charge is 0.253 e. The first-order chi connectivity index (χ1) is 10.2. The van der Waals surface area contributed by atoms with Gasteiger partial charge in [-0.05, 0) is 34.1 Å². The number of carbonyl (C=O) groups is 1. The summed E-state index contributed by atoms with van der Waals surface area (Å²) in [5.41, 5.74) is 0.501. The van der Waals surface area contributed by atoms with Gasteiger partial charge >= 0.3 is 0 Å². The molecule has 2 aromatic rings. The Bertz CT molecular complexity index is 663. The lowest BCUT2D eigenvalue weighted by Crippen LogP contribution is -2.40. The molecule has 5 nitrogen and oxygen atoms in total. The standard InChI is InChI=1S/C15H13BrN2O3/c16-11-5-10(6-17-7-11)15(19)18-8-12-9-20-13-3-1-2-4-14(13)21-12/h1-7,12H,8-9H2,(H,18,19)/t12-/m0/s1. The van der Waals surface area contributed by atoms with Crippen LogP contribution < -0.4 is 14.8 Å². The van der Waals surface area contributed by atoms with Crippen molar-refractivity contribution in [3.63, 3.8) is 0 Å². The van der Waals surface area contributed by atoms with E-state index < -0.39 is 0 Å². The Morgan fingerprint density at radius 2 is 2.14 bits per heavy atom. The highest BCUT2D eigenvalue weighted by Gasteiger charge is 2.21. The van der Waals surface area contributed by atoms with Crippen LogP contribution in [0.5, 0.6) is 11.5 Å². The predicted molar refractivity (Wildman–Crippen MR) is 80.6 cm³/mol. The molecule has 1 amide bonds. The molecule has 1 N–H and O–H groups in total. The first-order valence-electron chi connectivity index (χ1n) is 6.49. The molecule has 0 fully saturated rings. The highest BCUT2D eigenvalue weighted by atomic mass is 79.9. The summed E-state index contributed by atoms with van der Waals surface area (Å²) in [6.45, 7) is 0.785. The lowest BCUT2D eigenvalue weighted by atomic mass is 10.2. The van der Waals surface area contributed by atoms with E-state index in [9.17, 15) is 4.79 Å². The number of fused-ring (bicyclic) bond motifs is 1. The fourth-order valence-electron chi connectivity index (χ4n) is 2.01. The van der Waals surface area contributed by atoms with Crippen LogP contribution in [-0.2, 0) is 0 Å². The SMILES string of the molecule is O=C(NC[C@H]1COc2ccccc2O1)c1cncc(Br)c1. The Kier molecular flexibility index (Phi) is 4.06. The molecule has 0 bridgehead atoms. The van der Waals surface area contributed by atoms with E-state index in [4.69, 9.17) is 9.47 Å². The molecule has 1 aliphatic heterocycles. The Labute approximate surface area is 130 Å². The molecule has 0 aliphatic carbocycles. The van der Waals surface area contributed by atoms with Crippen molar-refractivity contribution in [2.75, 3.05) is 13.2 Å². The Hall–Kier alpha value is -2.08. The number of amides is 1. The summed E-state index contributed by atoms with van der Waals surface area (Å²) >= 11 is 3.29. The highest BCUT2D eigenvalue weighted by Crippen LogP contribution is 2.30. The van der Waals surface area contributed by atoms with Gasteiger partial charge in [0.25, 0.3) is 5.91 Å². The average molecular weight is 349 g/mol. The molecule has 0 saturated heterocycles. The average Bonchev–Trinajstić information content (AvgIpc) is 2.52. The molecule has 6 heteroatoms. The van der Waals surface area contributed by atoms with E-state index in [0.29, 0.717) is 24.5 Å². The van der Waals surface area contributed by atoms with Crippen LogP contribution in [0, 0.1) is 0 Å². The summed E-state index contributed by atoms with van der Waals surface area (Å²) in [5.74, 6) is 1.25. The zero-order valence-electron chi connectivity index (χ0n) is 11.1. The molecule has 21 heavy (non-hydrogen) atoms. The molecule has 0 unspecified atom stereocenters. The van der Waals surface area contributed by atoms with Crippen LogP contribution in [0.3, 0.4) is 0 Å². The third-order valence-electron chi connectivity index (χ3n) is 3.02. The van der Waals surface area contributed by atoms with E-state index in [1.165, 1.54) is 6.20 Å². The molecule has 1 atom stereocenters. The quantitative estimate of drug-likeness (QED) is 0.925. The fourth-order valence-corrected chi connectivity index (χ4v) is 2.37. The van der Waals surface area contributed by atoms with Crippen molar-refractivity contribution in [3.05, 3.63) is 52.8 Å². The number of carbonyl (C=O) groups excluding carboxylic acids is 1. The third-order valence-corrected chi connectivity index (χ3v) is 3.46. The number of ether oxygens (including phenoxy) is 2. The van der Waals surface area contributed by atoms with Gasteiger partial charge in [0, 0.05) is 16.9 Å². The fraction of sp³-hybridized carbons (Fsp3) is 0.200. The van der Waals surface area contributed by atoms with E-state index in [2.05, 4.69) is 26.2 Å². The first kappa shape index (κ1) is 13.9. The summed E-state index contributed by atoms with van der Waals surface area (Å²) in [7, 11) is 0. The maximum Gasteiger partial charge on any atom is 0.253 e. The summed E-state index contributed by atoms with van der Waals surface area (Å²) in [6.07, 6.45) is 2.95. The van der Waals surface area contributed by atoms with Crippen LogP contribution >= 0.6 is 15.9 Å². The lowest BCUT2D eigenvalue weighted by Gasteiger charge is -2.26. The second kappa shape index (κ2) is 6.13. The molecule has 0 spiro atoms. The maximum atomic E-state index is 12.0. The zero-order chi connectivity index (χ0) is 14.7. The van der Waals surface area contributed by atoms with Crippen LogP contribution in [0.15, 0.2) is 47.2 Å². The van der Waals surface area contributed by atoms with Crippen LogP contribution in [-0.4, -0.2) is 30.1 Å². The zero-order valence-corrected chi connectivity index (χ0v) is 12.7. The van der Waals surface area contributed by atoms with Gasteiger partial charge < -0.3 is 14.8 Å². The number of nitrogens with one attached hydrogen (secondary N) is 1. The Morgan fingerprint density at radius 1 is 1.33 bits per heavy atom. The van der Waals surface area contributed by atoms with E-state index in [0.717, 1.165) is 10.2 Å².